The Morgan fingerprint density at radius 3 is 2.60 bits per heavy atom. The van der Waals surface area contributed by atoms with Gasteiger partial charge in [0.2, 0.25) is 5.91 Å². The number of carboxylic acids is 1. The number of rotatable bonds is 5. The molecule has 104 valence electrons. The molecule has 2 N–H and O–H groups in total. The molecule has 0 fully saturated rings. The lowest BCUT2D eigenvalue weighted by atomic mass is 10.3. The summed E-state index contributed by atoms with van der Waals surface area (Å²) in [4.78, 5) is 22.4. The highest BCUT2D eigenvalue weighted by Gasteiger charge is 2.10. The molecule has 0 radical (unpaired) electrons. The van der Waals surface area contributed by atoms with Crippen LogP contribution in [0.1, 0.15) is 10.5 Å². The summed E-state index contributed by atoms with van der Waals surface area (Å²) in [5, 5.41) is 18.3. The Labute approximate surface area is 114 Å². The molecular weight excluding hydrogens is 264 g/mol. The first kappa shape index (κ1) is 13.5. The quantitative estimate of drug-likeness (QED) is 0.829. The van der Waals surface area contributed by atoms with E-state index in [1.54, 1.807) is 31.4 Å². The fourth-order valence-electron chi connectivity index (χ4n) is 1.50. The van der Waals surface area contributed by atoms with Crippen molar-refractivity contribution in [3.05, 3.63) is 36.2 Å². The molecule has 1 aromatic carbocycles. The maximum absolute atomic E-state index is 11.7. The Morgan fingerprint density at radius 2 is 2.05 bits per heavy atom. The van der Waals surface area contributed by atoms with Crippen molar-refractivity contribution >= 4 is 17.6 Å². The largest absolute Gasteiger partial charge is 0.497 e. The zero-order valence-electron chi connectivity index (χ0n) is 10.6. The maximum Gasteiger partial charge on any atom is 0.358 e. The van der Waals surface area contributed by atoms with E-state index in [2.05, 4.69) is 15.6 Å². The number of anilines is 1. The number of hydrogen-bond donors (Lipinski definition) is 2. The number of hydrogen-bond acceptors (Lipinski definition) is 5. The van der Waals surface area contributed by atoms with Gasteiger partial charge in [0.15, 0.2) is 5.69 Å². The predicted molar refractivity (Wildman–Crippen MR) is 68.6 cm³/mol. The average molecular weight is 276 g/mol. The molecule has 0 spiro atoms. The van der Waals surface area contributed by atoms with Gasteiger partial charge in [0.05, 0.1) is 13.3 Å². The lowest BCUT2D eigenvalue weighted by Crippen LogP contribution is -2.19. The van der Waals surface area contributed by atoms with E-state index in [0.717, 1.165) is 4.68 Å². The lowest BCUT2D eigenvalue weighted by molar-refractivity contribution is -0.116. The number of benzene rings is 1. The molecule has 2 rings (SSSR count). The van der Waals surface area contributed by atoms with Crippen LogP contribution in [-0.4, -0.2) is 39.1 Å². The number of methoxy groups -OCH3 is 1. The lowest BCUT2D eigenvalue weighted by Gasteiger charge is -2.05. The van der Waals surface area contributed by atoms with Gasteiger partial charge >= 0.3 is 5.97 Å². The van der Waals surface area contributed by atoms with Crippen molar-refractivity contribution < 1.29 is 19.4 Å². The van der Waals surface area contributed by atoms with Gasteiger partial charge in [-0.2, -0.15) is 0 Å². The van der Waals surface area contributed by atoms with Crippen LogP contribution in [0.5, 0.6) is 5.75 Å². The van der Waals surface area contributed by atoms with Crippen molar-refractivity contribution in [2.24, 2.45) is 0 Å². The van der Waals surface area contributed by atoms with E-state index < -0.39 is 5.97 Å². The van der Waals surface area contributed by atoms with E-state index in [9.17, 15) is 9.59 Å². The minimum Gasteiger partial charge on any atom is -0.497 e. The van der Waals surface area contributed by atoms with E-state index in [1.165, 1.54) is 6.20 Å². The van der Waals surface area contributed by atoms with Crippen LogP contribution in [0, 0.1) is 0 Å². The van der Waals surface area contributed by atoms with Gasteiger partial charge in [0, 0.05) is 5.69 Å². The second-order valence-corrected chi connectivity index (χ2v) is 3.88. The Bertz CT molecular complexity index is 621. The van der Waals surface area contributed by atoms with Gasteiger partial charge in [0.25, 0.3) is 0 Å². The topological polar surface area (TPSA) is 106 Å². The van der Waals surface area contributed by atoms with Crippen LogP contribution in [0.3, 0.4) is 0 Å². The van der Waals surface area contributed by atoms with Crippen LogP contribution in [-0.2, 0) is 11.3 Å². The minimum atomic E-state index is -1.19. The van der Waals surface area contributed by atoms with E-state index in [0.29, 0.717) is 11.4 Å². The van der Waals surface area contributed by atoms with Crippen molar-refractivity contribution in [3.8, 4) is 5.75 Å². The predicted octanol–water partition coefficient (Wildman–Crippen LogP) is 0.624. The molecule has 8 nitrogen and oxygen atoms in total. The smallest absolute Gasteiger partial charge is 0.358 e. The van der Waals surface area contributed by atoms with Gasteiger partial charge in [-0.15, -0.1) is 5.10 Å². The molecule has 20 heavy (non-hydrogen) atoms. The first-order chi connectivity index (χ1) is 9.58. The maximum atomic E-state index is 11.7. The molecule has 2 aromatic rings. The number of amides is 1. The first-order valence-electron chi connectivity index (χ1n) is 5.66. The molecule has 0 bridgehead atoms. The number of carbonyl (C=O) groups excluding carboxylic acids is 1. The third-order valence-electron chi connectivity index (χ3n) is 2.44. The van der Waals surface area contributed by atoms with Crippen LogP contribution < -0.4 is 10.1 Å². The Kier molecular flexibility index (Phi) is 3.94. The molecule has 0 aliphatic heterocycles. The second kappa shape index (κ2) is 5.83. The second-order valence-electron chi connectivity index (χ2n) is 3.88. The van der Waals surface area contributed by atoms with Gasteiger partial charge in [0.1, 0.15) is 12.3 Å². The van der Waals surface area contributed by atoms with Crippen LogP contribution in [0.15, 0.2) is 30.5 Å². The molecule has 0 unspecified atom stereocenters. The van der Waals surface area contributed by atoms with E-state index in [1.807, 2.05) is 0 Å². The fraction of sp³-hybridized carbons (Fsp3) is 0.167. The van der Waals surface area contributed by atoms with Crippen molar-refractivity contribution in [1.82, 2.24) is 15.0 Å². The molecule has 8 heteroatoms. The monoisotopic (exact) mass is 276 g/mol. The number of aromatic nitrogens is 3. The molecule has 1 amide bonds. The SMILES string of the molecule is COc1ccc(NC(=O)Cn2cc(C(=O)O)nn2)cc1. The zero-order chi connectivity index (χ0) is 14.5. The Balaban J connectivity index is 1.95. The standard InChI is InChI=1S/C12H12N4O4/c1-20-9-4-2-8(3-5-9)13-11(17)7-16-6-10(12(18)19)14-15-16/h2-6H,7H2,1H3,(H,13,17)(H,18,19). The van der Waals surface area contributed by atoms with E-state index >= 15 is 0 Å². The van der Waals surface area contributed by atoms with Crippen molar-refractivity contribution in [3.63, 3.8) is 0 Å². The molecule has 1 aromatic heterocycles. The third-order valence-corrected chi connectivity index (χ3v) is 2.44. The summed E-state index contributed by atoms with van der Waals surface area (Å²) in [6, 6.07) is 6.82. The molecule has 0 aliphatic carbocycles. The summed E-state index contributed by atoms with van der Waals surface area (Å²) >= 11 is 0. The minimum absolute atomic E-state index is 0.119. The highest BCUT2D eigenvalue weighted by molar-refractivity contribution is 5.90. The fourth-order valence-corrected chi connectivity index (χ4v) is 1.50. The number of ether oxygens (including phenoxy) is 1. The summed E-state index contributed by atoms with van der Waals surface area (Å²) in [6.45, 7) is -0.119. The molecule has 0 aliphatic rings. The number of nitrogens with zero attached hydrogens (tertiary/aromatic N) is 3. The van der Waals surface area contributed by atoms with Gasteiger partial charge in [-0.05, 0) is 24.3 Å². The summed E-state index contributed by atoms with van der Waals surface area (Å²) in [5.74, 6) is -0.839. The highest BCUT2D eigenvalue weighted by Crippen LogP contribution is 2.14. The van der Waals surface area contributed by atoms with E-state index in [-0.39, 0.29) is 18.1 Å². The van der Waals surface area contributed by atoms with Crippen molar-refractivity contribution in [1.29, 1.82) is 0 Å². The normalized spacial score (nSPS) is 10.1. The number of nitrogens with one attached hydrogen (secondary N) is 1. The van der Waals surface area contributed by atoms with Crippen LogP contribution >= 0.6 is 0 Å². The Morgan fingerprint density at radius 1 is 1.35 bits per heavy atom. The van der Waals surface area contributed by atoms with Crippen molar-refractivity contribution in [2.45, 2.75) is 6.54 Å². The number of carbonyl (C=O) groups is 2. The van der Waals surface area contributed by atoms with Gasteiger partial charge in [-0.25, -0.2) is 9.48 Å². The Hall–Kier alpha value is -2.90. The van der Waals surface area contributed by atoms with Crippen molar-refractivity contribution in [2.75, 3.05) is 12.4 Å². The molecule has 0 saturated carbocycles. The average Bonchev–Trinajstić information content (AvgIpc) is 2.88. The first-order valence-corrected chi connectivity index (χ1v) is 5.66. The van der Waals surface area contributed by atoms with Crippen LogP contribution in [0.25, 0.3) is 0 Å². The molecular formula is C12H12N4O4. The molecule has 0 atom stereocenters. The van der Waals surface area contributed by atoms with Crippen LogP contribution in [0.2, 0.25) is 0 Å². The number of carboxylic acid groups (broad SMARTS) is 1. The third kappa shape index (κ3) is 3.31. The zero-order valence-corrected chi connectivity index (χ0v) is 10.6. The van der Waals surface area contributed by atoms with Crippen LogP contribution in [0.4, 0.5) is 5.69 Å². The summed E-state index contributed by atoms with van der Waals surface area (Å²) in [5.41, 5.74) is 0.400. The van der Waals surface area contributed by atoms with Gasteiger partial charge in [-0.3, -0.25) is 4.79 Å². The summed E-state index contributed by atoms with van der Waals surface area (Å²) in [6.07, 6.45) is 1.19. The van der Waals surface area contributed by atoms with E-state index in [4.69, 9.17) is 9.84 Å². The summed E-state index contributed by atoms with van der Waals surface area (Å²) < 4.78 is 6.16. The highest BCUT2D eigenvalue weighted by atomic mass is 16.5. The number of aromatic carboxylic acids is 1. The van der Waals surface area contributed by atoms with Gasteiger partial charge in [-0.1, -0.05) is 5.21 Å². The summed E-state index contributed by atoms with van der Waals surface area (Å²) in [7, 11) is 1.55. The molecule has 0 saturated heterocycles. The molecule has 1 heterocycles. The van der Waals surface area contributed by atoms with Gasteiger partial charge < -0.3 is 15.2 Å².